The molecule has 0 saturated heterocycles. The standard InChI is InChI=1S/C14H26O6/c1-10(18-5)20-14(4,9-7-8-11(15)16)13(2,3)12(17)19-6/h10H,7-9H2,1-6H3,(H,15,16). The van der Waals surface area contributed by atoms with Crippen molar-refractivity contribution in [3.8, 4) is 0 Å². The normalized spacial score (nSPS) is 16.3. The quantitative estimate of drug-likeness (QED) is 0.518. The van der Waals surface area contributed by atoms with Crippen molar-refractivity contribution in [3.05, 3.63) is 0 Å². The molecule has 0 aliphatic heterocycles. The van der Waals surface area contributed by atoms with Crippen molar-refractivity contribution < 1.29 is 28.9 Å². The van der Waals surface area contributed by atoms with Gasteiger partial charge in [0.15, 0.2) is 6.29 Å². The van der Waals surface area contributed by atoms with Crippen LogP contribution in [-0.4, -0.2) is 43.2 Å². The van der Waals surface area contributed by atoms with Gasteiger partial charge in [-0.15, -0.1) is 0 Å². The molecule has 0 rings (SSSR count). The second-order valence-electron chi connectivity index (χ2n) is 5.52. The van der Waals surface area contributed by atoms with E-state index in [2.05, 4.69) is 0 Å². The van der Waals surface area contributed by atoms with Gasteiger partial charge in [0.25, 0.3) is 0 Å². The summed E-state index contributed by atoms with van der Waals surface area (Å²) in [5.74, 6) is -1.28. The van der Waals surface area contributed by atoms with Gasteiger partial charge in [0.1, 0.15) is 0 Å². The summed E-state index contributed by atoms with van der Waals surface area (Å²) in [7, 11) is 2.83. The molecular weight excluding hydrogens is 264 g/mol. The molecule has 0 amide bonds. The Labute approximate surface area is 120 Å². The Morgan fingerprint density at radius 3 is 2.15 bits per heavy atom. The molecule has 2 unspecified atom stereocenters. The third-order valence-corrected chi connectivity index (χ3v) is 3.82. The topological polar surface area (TPSA) is 82.1 Å². The van der Waals surface area contributed by atoms with Gasteiger partial charge in [0.05, 0.1) is 18.1 Å². The minimum absolute atomic E-state index is 0.0254. The van der Waals surface area contributed by atoms with Crippen LogP contribution in [0, 0.1) is 5.41 Å². The van der Waals surface area contributed by atoms with Crippen molar-refractivity contribution >= 4 is 11.9 Å². The van der Waals surface area contributed by atoms with E-state index in [0.29, 0.717) is 12.8 Å². The smallest absolute Gasteiger partial charge is 0.314 e. The molecule has 0 fully saturated rings. The van der Waals surface area contributed by atoms with E-state index in [1.54, 1.807) is 27.7 Å². The van der Waals surface area contributed by atoms with Crippen molar-refractivity contribution in [2.24, 2.45) is 5.41 Å². The number of methoxy groups -OCH3 is 2. The van der Waals surface area contributed by atoms with Gasteiger partial charge in [0, 0.05) is 13.5 Å². The van der Waals surface area contributed by atoms with Crippen LogP contribution < -0.4 is 0 Å². The molecule has 0 aliphatic carbocycles. The Kier molecular flexibility index (Phi) is 7.16. The summed E-state index contributed by atoms with van der Waals surface area (Å²) in [5.41, 5.74) is -1.81. The summed E-state index contributed by atoms with van der Waals surface area (Å²) in [6, 6.07) is 0. The van der Waals surface area contributed by atoms with Crippen LogP contribution in [0.2, 0.25) is 0 Å². The van der Waals surface area contributed by atoms with Crippen molar-refractivity contribution in [1.29, 1.82) is 0 Å². The molecule has 6 heteroatoms. The first-order valence-corrected chi connectivity index (χ1v) is 6.61. The zero-order chi connectivity index (χ0) is 16.0. The second kappa shape index (κ2) is 7.59. The van der Waals surface area contributed by atoms with Gasteiger partial charge < -0.3 is 19.3 Å². The van der Waals surface area contributed by atoms with Gasteiger partial charge >= 0.3 is 11.9 Å². The molecule has 0 aromatic rings. The fourth-order valence-corrected chi connectivity index (χ4v) is 1.98. The van der Waals surface area contributed by atoms with E-state index >= 15 is 0 Å². The average molecular weight is 290 g/mol. The molecule has 0 spiro atoms. The first-order chi connectivity index (χ1) is 9.10. The zero-order valence-corrected chi connectivity index (χ0v) is 13.2. The number of esters is 1. The largest absolute Gasteiger partial charge is 0.481 e. The van der Waals surface area contributed by atoms with E-state index < -0.39 is 29.2 Å². The van der Waals surface area contributed by atoms with E-state index in [0.717, 1.165) is 0 Å². The van der Waals surface area contributed by atoms with Gasteiger partial charge in [-0.3, -0.25) is 9.59 Å². The van der Waals surface area contributed by atoms with Crippen LogP contribution in [0.5, 0.6) is 0 Å². The van der Waals surface area contributed by atoms with Crippen molar-refractivity contribution in [3.63, 3.8) is 0 Å². The number of hydrogen-bond donors (Lipinski definition) is 1. The molecule has 0 radical (unpaired) electrons. The maximum Gasteiger partial charge on any atom is 0.314 e. The predicted octanol–water partition coefficient (Wildman–Crippen LogP) is 2.21. The third-order valence-electron chi connectivity index (χ3n) is 3.82. The summed E-state index contributed by atoms with van der Waals surface area (Å²) < 4.78 is 15.8. The number of carboxylic acid groups (broad SMARTS) is 1. The van der Waals surface area contributed by atoms with Crippen molar-refractivity contribution in [1.82, 2.24) is 0 Å². The molecule has 2 atom stereocenters. The maximum absolute atomic E-state index is 12.0. The predicted molar refractivity (Wildman–Crippen MR) is 73.2 cm³/mol. The van der Waals surface area contributed by atoms with Crippen LogP contribution in [0.3, 0.4) is 0 Å². The second-order valence-corrected chi connectivity index (χ2v) is 5.52. The van der Waals surface area contributed by atoms with Gasteiger partial charge in [-0.2, -0.15) is 0 Å². The molecule has 0 bridgehead atoms. The van der Waals surface area contributed by atoms with E-state index in [9.17, 15) is 9.59 Å². The highest BCUT2D eigenvalue weighted by Gasteiger charge is 2.49. The van der Waals surface area contributed by atoms with Crippen molar-refractivity contribution in [2.45, 2.75) is 58.8 Å². The number of carboxylic acids is 1. The Morgan fingerprint density at radius 2 is 1.75 bits per heavy atom. The Balaban J connectivity index is 5.12. The van der Waals surface area contributed by atoms with Gasteiger partial charge in [-0.1, -0.05) is 0 Å². The maximum atomic E-state index is 12.0. The first kappa shape index (κ1) is 18.9. The fraction of sp³-hybridized carbons (Fsp3) is 0.857. The lowest BCUT2D eigenvalue weighted by molar-refractivity contribution is -0.229. The van der Waals surface area contributed by atoms with Crippen LogP contribution >= 0.6 is 0 Å². The molecule has 20 heavy (non-hydrogen) atoms. The van der Waals surface area contributed by atoms with Gasteiger partial charge in [-0.25, -0.2) is 0 Å². The van der Waals surface area contributed by atoms with E-state index in [1.165, 1.54) is 14.2 Å². The monoisotopic (exact) mass is 290 g/mol. The van der Waals surface area contributed by atoms with Crippen molar-refractivity contribution in [2.75, 3.05) is 14.2 Å². The molecule has 0 aliphatic rings. The highest BCUT2D eigenvalue weighted by atomic mass is 16.7. The first-order valence-electron chi connectivity index (χ1n) is 6.61. The number of carbonyl (C=O) groups is 2. The summed E-state index contributed by atoms with van der Waals surface area (Å²) in [5, 5.41) is 8.74. The molecular formula is C14H26O6. The van der Waals surface area contributed by atoms with Gasteiger partial charge in [0.2, 0.25) is 0 Å². The summed E-state index contributed by atoms with van der Waals surface area (Å²) in [6.07, 6.45) is 0.337. The summed E-state index contributed by atoms with van der Waals surface area (Å²) >= 11 is 0. The Hall–Kier alpha value is -1.14. The van der Waals surface area contributed by atoms with Crippen LogP contribution in [-0.2, 0) is 23.8 Å². The third kappa shape index (κ3) is 4.76. The lowest BCUT2D eigenvalue weighted by Gasteiger charge is -2.43. The van der Waals surface area contributed by atoms with Crippen LogP contribution in [0.15, 0.2) is 0 Å². The summed E-state index contributed by atoms with van der Waals surface area (Å²) in [6.45, 7) is 6.95. The van der Waals surface area contributed by atoms with Crippen LogP contribution in [0.4, 0.5) is 0 Å². The average Bonchev–Trinajstić information content (AvgIpc) is 2.36. The molecule has 118 valence electrons. The minimum atomic E-state index is -0.924. The molecule has 0 heterocycles. The molecule has 0 saturated carbocycles. The lowest BCUT2D eigenvalue weighted by Crippen LogP contribution is -2.51. The number of rotatable bonds is 9. The lowest BCUT2D eigenvalue weighted by atomic mass is 9.73. The van der Waals surface area contributed by atoms with Crippen LogP contribution in [0.1, 0.15) is 47.0 Å². The van der Waals surface area contributed by atoms with Gasteiger partial charge in [-0.05, 0) is 40.5 Å². The Bertz CT molecular complexity index is 339. The molecule has 0 aromatic carbocycles. The zero-order valence-electron chi connectivity index (χ0n) is 13.2. The number of aliphatic carboxylic acids is 1. The minimum Gasteiger partial charge on any atom is -0.481 e. The van der Waals surface area contributed by atoms with E-state index in [4.69, 9.17) is 19.3 Å². The molecule has 1 N–H and O–H groups in total. The van der Waals surface area contributed by atoms with Crippen LogP contribution in [0.25, 0.3) is 0 Å². The molecule has 6 nitrogen and oxygen atoms in total. The SMILES string of the molecule is COC(=O)C(C)(C)C(C)(CCCC(=O)O)OC(C)OC. The number of ether oxygens (including phenoxy) is 3. The number of carbonyl (C=O) groups excluding carboxylic acids is 1. The van der Waals surface area contributed by atoms with E-state index in [-0.39, 0.29) is 6.42 Å². The Morgan fingerprint density at radius 1 is 1.20 bits per heavy atom. The van der Waals surface area contributed by atoms with E-state index in [1.807, 2.05) is 0 Å². The highest BCUT2D eigenvalue weighted by Crippen LogP contribution is 2.40. The fourth-order valence-electron chi connectivity index (χ4n) is 1.98. The molecule has 0 aromatic heterocycles. The number of hydrogen-bond acceptors (Lipinski definition) is 5. The highest BCUT2D eigenvalue weighted by molar-refractivity contribution is 5.77. The summed E-state index contributed by atoms with van der Waals surface area (Å²) in [4.78, 5) is 22.6.